The van der Waals surface area contributed by atoms with Gasteiger partial charge in [0.05, 0.1) is 28.4 Å². The number of esters is 1. The molecule has 0 aromatic heterocycles. The van der Waals surface area contributed by atoms with Crippen LogP contribution in [0.25, 0.3) is 0 Å². The number of hydrogen-bond donors (Lipinski definition) is 1. The quantitative estimate of drug-likeness (QED) is 0.716. The van der Waals surface area contributed by atoms with E-state index < -0.39 is 29.3 Å². The van der Waals surface area contributed by atoms with Gasteiger partial charge in [0, 0.05) is 12.3 Å². The highest BCUT2D eigenvalue weighted by Gasteiger charge is 2.17. The summed E-state index contributed by atoms with van der Waals surface area (Å²) in [4.78, 5) is 24.5. The molecule has 1 atom stereocenters. The van der Waals surface area contributed by atoms with Crippen LogP contribution in [0, 0.1) is 0 Å². The molecule has 0 aliphatic heterocycles. The Kier molecular flexibility index (Phi) is 7.35. The van der Waals surface area contributed by atoms with Gasteiger partial charge in [-0.15, -0.1) is 0 Å². The number of methoxy groups -OCH3 is 1. The van der Waals surface area contributed by atoms with Gasteiger partial charge in [-0.2, -0.15) is 0 Å². The number of carbonyl (C=O) groups is 2. The van der Waals surface area contributed by atoms with Crippen LogP contribution in [0.3, 0.4) is 0 Å². The van der Waals surface area contributed by atoms with Crippen LogP contribution in [-0.4, -0.2) is 35.6 Å². The van der Waals surface area contributed by atoms with Crippen LogP contribution in [0.4, 0.5) is 0 Å². The third-order valence-electron chi connectivity index (χ3n) is 3.57. The zero-order valence-electron chi connectivity index (χ0n) is 14.7. The van der Waals surface area contributed by atoms with E-state index in [2.05, 4.69) is 5.32 Å². The van der Waals surface area contributed by atoms with Crippen LogP contribution in [0.1, 0.15) is 22.8 Å². The minimum atomic E-state index is -1.28. The minimum absolute atomic E-state index is 0.216. The van der Waals surface area contributed by atoms with Crippen molar-refractivity contribution in [1.29, 1.82) is 0 Å². The van der Waals surface area contributed by atoms with Crippen molar-refractivity contribution in [1.82, 2.24) is 5.32 Å². The smallest absolute Gasteiger partial charge is 0.339 e. The van der Waals surface area contributed by atoms with E-state index in [4.69, 9.17) is 9.47 Å². The average Bonchev–Trinajstić information content (AvgIpc) is 2.69. The number of benzene rings is 2. The summed E-state index contributed by atoms with van der Waals surface area (Å²) >= 11 is 0. The van der Waals surface area contributed by atoms with E-state index in [0.29, 0.717) is 22.9 Å². The Hall–Kier alpha value is -2.67. The predicted octanol–water partition coefficient (Wildman–Crippen LogP) is 2.30. The van der Waals surface area contributed by atoms with E-state index in [1.54, 1.807) is 38.3 Å². The van der Waals surface area contributed by atoms with Gasteiger partial charge < -0.3 is 14.8 Å². The van der Waals surface area contributed by atoms with E-state index in [1.165, 1.54) is 0 Å². The number of nitrogens with one attached hydrogen (secondary N) is 1. The number of hydrogen-bond acceptors (Lipinski definition) is 5. The molecule has 1 N–H and O–H groups in total. The lowest BCUT2D eigenvalue weighted by Gasteiger charge is -2.09. The van der Waals surface area contributed by atoms with Gasteiger partial charge in [-0.1, -0.05) is 31.2 Å². The molecular weight excluding hydrogens is 354 g/mol. The fourth-order valence-electron chi connectivity index (χ4n) is 2.23. The van der Waals surface area contributed by atoms with E-state index >= 15 is 0 Å². The molecule has 0 heterocycles. The van der Waals surface area contributed by atoms with Gasteiger partial charge in [0.15, 0.2) is 6.61 Å². The van der Waals surface area contributed by atoms with Crippen molar-refractivity contribution in [3.8, 4) is 5.75 Å². The van der Waals surface area contributed by atoms with E-state index in [0.717, 1.165) is 5.56 Å². The number of amides is 1. The standard InChI is InChI=1S/C19H21NO5S/c1-3-26(23)17-10-5-4-9-16(17)19(22)25-13-18(21)20-12-14-7-6-8-15(11-14)24-2/h4-11H,3,12-13H2,1-2H3,(H,20,21)/t26-/m1/s1. The van der Waals surface area contributed by atoms with Gasteiger partial charge >= 0.3 is 5.97 Å². The first-order valence-electron chi connectivity index (χ1n) is 8.09. The van der Waals surface area contributed by atoms with Crippen LogP contribution in [0.2, 0.25) is 0 Å². The topological polar surface area (TPSA) is 81.7 Å². The van der Waals surface area contributed by atoms with Crippen molar-refractivity contribution in [3.63, 3.8) is 0 Å². The molecule has 0 spiro atoms. The maximum absolute atomic E-state index is 12.2. The molecule has 138 valence electrons. The lowest BCUT2D eigenvalue weighted by atomic mass is 10.2. The van der Waals surface area contributed by atoms with Crippen molar-refractivity contribution in [2.75, 3.05) is 19.5 Å². The Morgan fingerprint density at radius 2 is 1.88 bits per heavy atom. The highest BCUT2D eigenvalue weighted by atomic mass is 32.2. The molecule has 0 unspecified atom stereocenters. The van der Waals surface area contributed by atoms with Crippen molar-refractivity contribution < 1.29 is 23.3 Å². The van der Waals surface area contributed by atoms with Crippen LogP contribution >= 0.6 is 0 Å². The third kappa shape index (κ3) is 5.42. The molecule has 0 aliphatic rings. The first-order valence-corrected chi connectivity index (χ1v) is 9.41. The molecule has 0 saturated carbocycles. The summed E-state index contributed by atoms with van der Waals surface area (Å²) in [6.07, 6.45) is 0. The van der Waals surface area contributed by atoms with Crippen LogP contribution < -0.4 is 10.1 Å². The second-order valence-corrected chi connectivity index (χ2v) is 7.04. The first kappa shape index (κ1) is 19.7. The van der Waals surface area contributed by atoms with Gasteiger partial charge in [0.1, 0.15) is 5.75 Å². The Balaban J connectivity index is 1.89. The maximum atomic E-state index is 12.2. The van der Waals surface area contributed by atoms with Crippen molar-refractivity contribution in [2.45, 2.75) is 18.4 Å². The molecule has 2 aromatic carbocycles. The van der Waals surface area contributed by atoms with Gasteiger partial charge in [0.25, 0.3) is 5.91 Å². The SMILES string of the molecule is CC[S@@](=O)c1ccccc1C(=O)OCC(=O)NCc1cccc(OC)c1. The van der Waals surface area contributed by atoms with E-state index in [-0.39, 0.29) is 5.56 Å². The van der Waals surface area contributed by atoms with Crippen LogP contribution in [-0.2, 0) is 26.9 Å². The predicted molar refractivity (Wildman–Crippen MR) is 98.5 cm³/mol. The fraction of sp³-hybridized carbons (Fsp3) is 0.263. The molecule has 0 radical (unpaired) electrons. The Morgan fingerprint density at radius 1 is 1.12 bits per heavy atom. The van der Waals surface area contributed by atoms with Crippen LogP contribution in [0.15, 0.2) is 53.4 Å². The molecule has 7 heteroatoms. The Bertz CT molecular complexity index is 806. The molecule has 0 bridgehead atoms. The summed E-state index contributed by atoms with van der Waals surface area (Å²) in [5.74, 6) is 0.00333. The minimum Gasteiger partial charge on any atom is -0.497 e. The largest absolute Gasteiger partial charge is 0.497 e. The van der Waals surface area contributed by atoms with Gasteiger partial charge in [-0.05, 0) is 29.8 Å². The van der Waals surface area contributed by atoms with Crippen molar-refractivity contribution in [3.05, 3.63) is 59.7 Å². The molecular formula is C19H21NO5S. The van der Waals surface area contributed by atoms with Crippen molar-refractivity contribution >= 4 is 22.7 Å². The Morgan fingerprint density at radius 3 is 2.62 bits per heavy atom. The summed E-state index contributed by atoms with van der Waals surface area (Å²) in [6.45, 7) is 1.66. The second kappa shape index (κ2) is 9.72. The van der Waals surface area contributed by atoms with Gasteiger partial charge in [-0.25, -0.2) is 4.79 Å². The molecule has 0 saturated heterocycles. The Labute approximate surface area is 155 Å². The highest BCUT2D eigenvalue weighted by Crippen LogP contribution is 2.15. The van der Waals surface area contributed by atoms with E-state index in [9.17, 15) is 13.8 Å². The number of rotatable bonds is 8. The highest BCUT2D eigenvalue weighted by molar-refractivity contribution is 7.85. The molecule has 2 aromatic rings. The summed E-state index contributed by atoms with van der Waals surface area (Å²) < 4.78 is 22.2. The zero-order chi connectivity index (χ0) is 18.9. The van der Waals surface area contributed by atoms with Gasteiger partial charge in [-0.3, -0.25) is 9.00 Å². The number of ether oxygens (including phenoxy) is 2. The maximum Gasteiger partial charge on any atom is 0.339 e. The van der Waals surface area contributed by atoms with Gasteiger partial charge in [0.2, 0.25) is 0 Å². The molecule has 26 heavy (non-hydrogen) atoms. The monoisotopic (exact) mass is 375 g/mol. The second-order valence-electron chi connectivity index (χ2n) is 5.33. The fourth-order valence-corrected chi connectivity index (χ4v) is 3.17. The summed E-state index contributed by atoms with van der Waals surface area (Å²) in [5, 5.41) is 2.67. The normalized spacial score (nSPS) is 11.5. The van der Waals surface area contributed by atoms with E-state index in [1.807, 2.05) is 24.3 Å². The average molecular weight is 375 g/mol. The van der Waals surface area contributed by atoms with Crippen LogP contribution in [0.5, 0.6) is 5.75 Å². The molecule has 2 rings (SSSR count). The molecule has 0 fully saturated rings. The molecule has 6 nitrogen and oxygen atoms in total. The van der Waals surface area contributed by atoms with Crippen molar-refractivity contribution in [2.24, 2.45) is 0 Å². The summed E-state index contributed by atoms with van der Waals surface area (Å²) in [6, 6.07) is 13.8. The molecule has 0 aliphatic carbocycles. The lowest BCUT2D eigenvalue weighted by molar-refractivity contribution is -0.124. The third-order valence-corrected chi connectivity index (χ3v) is 4.94. The first-order chi connectivity index (χ1) is 12.5. The molecule has 1 amide bonds. The summed E-state index contributed by atoms with van der Waals surface area (Å²) in [7, 11) is 0.288. The lowest BCUT2D eigenvalue weighted by Crippen LogP contribution is -2.28. The summed E-state index contributed by atoms with van der Waals surface area (Å²) in [5.41, 5.74) is 1.08. The zero-order valence-corrected chi connectivity index (χ0v) is 15.5. The number of carbonyl (C=O) groups excluding carboxylic acids is 2.